The third-order valence-corrected chi connectivity index (χ3v) is 7.90. The molecular weight excluding hydrogens is 488 g/mol. The number of thiophene rings is 1. The molecule has 1 saturated heterocycles. The summed E-state index contributed by atoms with van der Waals surface area (Å²) >= 11 is 6.90. The highest BCUT2D eigenvalue weighted by Crippen LogP contribution is 2.43. The number of unbranched alkanes of at least 4 members (excludes halogenated alkanes) is 2. The highest BCUT2D eigenvalue weighted by Gasteiger charge is 2.38. The van der Waals surface area contributed by atoms with Gasteiger partial charge in [0.15, 0.2) is 5.11 Å². The van der Waals surface area contributed by atoms with Gasteiger partial charge in [0.2, 0.25) is 0 Å². The van der Waals surface area contributed by atoms with Crippen LogP contribution in [0.2, 0.25) is 0 Å². The van der Waals surface area contributed by atoms with E-state index in [1.54, 1.807) is 6.08 Å². The summed E-state index contributed by atoms with van der Waals surface area (Å²) in [6.45, 7) is 10.5. The second-order valence-corrected chi connectivity index (χ2v) is 10.0. The van der Waals surface area contributed by atoms with Gasteiger partial charge in [0.25, 0.3) is 11.8 Å². The average molecular weight is 523 g/mol. The van der Waals surface area contributed by atoms with Gasteiger partial charge in [-0.2, -0.15) is 5.26 Å². The molecule has 6 nitrogen and oxygen atoms in total. The molecule has 0 unspecified atom stereocenters. The minimum absolute atomic E-state index is 0.0791. The maximum absolute atomic E-state index is 13.3. The lowest BCUT2D eigenvalue weighted by Crippen LogP contribution is -2.55. The Morgan fingerprint density at radius 2 is 1.53 bits per heavy atom. The van der Waals surface area contributed by atoms with Gasteiger partial charge >= 0.3 is 0 Å². The molecule has 190 valence electrons. The van der Waals surface area contributed by atoms with Gasteiger partial charge in [0, 0.05) is 36.6 Å². The van der Waals surface area contributed by atoms with Crippen molar-refractivity contribution in [3.05, 3.63) is 46.3 Å². The summed E-state index contributed by atoms with van der Waals surface area (Å²) in [5, 5.41) is 11.5. The summed E-state index contributed by atoms with van der Waals surface area (Å²) in [4.78, 5) is 32.6. The van der Waals surface area contributed by atoms with Gasteiger partial charge in [0.05, 0.1) is 5.56 Å². The molecule has 0 atom stereocenters. The molecule has 0 spiro atoms. The van der Waals surface area contributed by atoms with Gasteiger partial charge in [0.1, 0.15) is 16.6 Å². The molecule has 1 fully saturated rings. The topological polar surface area (TPSA) is 67.7 Å². The van der Waals surface area contributed by atoms with Crippen molar-refractivity contribution < 1.29 is 9.59 Å². The number of carbonyl (C=O) groups excluding carboxylic acids is 2. The molecule has 0 radical (unpaired) electrons. The van der Waals surface area contributed by atoms with Crippen LogP contribution in [0.1, 0.15) is 63.8 Å². The van der Waals surface area contributed by atoms with Gasteiger partial charge < -0.3 is 4.90 Å². The first-order valence-electron chi connectivity index (χ1n) is 12.7. The van der Waals surface area contributed by atoms with Crippen molar-refractivity contribution in [3.8, 4) is 17.2 Å². The summed E-state index contributed by atoms with van der Waals surface area (Å²) < 4.78 is 0. The van der Waals surface area contributed by atoms with Gasteiger partial charge in [-0.3, -0.25) is 19.4 Å². The van der Waals surface area contributed by atoms with Crippen molar-refractivity contribution >= 4 is 51.6 Å². The molecule has 1 aromatic heterocycles. The van der Waals surface area contributed by atoms with E-state index in [9.17, 15) is 14.9 Å². The van der Waals surface area contributed by atoms with Crippen LogP contribution in [0.25, 0.3) is 17.2 Å². The van der Waals surface area contributed by atoms with E-state index in [1.165, 1.54) is 21.1 Å². The summed E-state index contributed by atoms with van der Waals surface area (Å²) in [6.07, 6.45) is 5.83. The summed E-state index contributed by atoms with van der Waals surface area (Å²) in [6, 6.07) is 12.2. The Morgan fingerprint density at radius 3 is 2.00 bits per heavy atom. The van der Waals surface area contributed by atoms with Crippen LogP contribution in [0.15, 0.2) is 35.9 Å². The van der Waals surface area contributed by atoms with Gasteiger partial charge in [-0.1, -0.05) is 57.0 Å². The smallest absolute Gasteiger partial charge is 0.265 e. The fraction of sp³-hybridized carbons (Fsp3) is 0.429. The largest absolute Gasteiger partial charge is 0.362 e. The van der Waals surface area contributed by atoms with Crippen LogP contribution in [0, 0.1) is 11.3 Å². The Hall–Kier alpha value is -3.02. The normalized spacial score (nSPS) is 13.9. The van der Waals surface area contributed by atoms with E-state index in [0.29, 0.717) is 18.7 Å². The number of hydrogen-bond donors (Lipinski definition) is 0. The molecule has 8 heteroatoms. The molecule has 2 aromatic rings. The van der Waals surface area contributed by atoms with E-state index in [0.717, 1.165) is 59.8 Å². The second kappa shape index (κ2) is 12.8. The molecule has 1 aliphatic rings. The minimum atomic E-state index is -0.390. The third kappa shape index (κ3) is 5.53. The lowest BCUT2D eigenvalue weighted by molar-refractivity contribution is -0.133. The number of likely N-dealkylation sites (N-methyl/N-ethyl adjacent to an activating group) is 2. The molecular formula is C28H34N4O2S2. The van der Waals surface area contributed by atoms with Crippen LogP contribution in [0.4, 0.5) is 5.00 Å². The number of nitrogens with zero attached hydrogens (tertiary/aromatic N) is 4. The number of hydrogen-bond acceptors (Lipinski definition) is 6. The standard InChI is InChI=1S/C28H34N4O2S2/c1-5-9-16-30(17-10-6-2)27-22(19-29)24(20-14-12-11-13-15-20)23(36-27)18-21-25(33)31(7-3)28(35)32(8-4)26(21)34/h11-15,18H,5-10,16-17H2,1-4H3. The maximum Gasteiger partial charge on any atom is 0.265 e. The Bertz CT molecular complexity index is 1140. The van der Waals surface area contributed by atoms with Crippen molar-refractivity contribution in [3.63, 3.8) is 0 Å². The number of benzene rings is 1. The third-order valence-electron chi connectivity index (χ3n) is 6.26. The predicted molar refractivity (Wildman–Crippen MR) is 152 cm³/mol. The quantitative estimate of drug-likeness (QED) is 0.203. The number of nitriles is 1. The minimum Gasteiger partial charge on any atom is -0.362 e. The zero-order valence-electron chi connectivity index (χ0n) is 21.5. The molecule has 0 saturated carbocycles. The van der Waals surface area contributed by atoms with Crippen molar-refractivity contribution in [1.29, 1.82) is 5.26 Å². The van der Waals surface area contributed by atoms with Crippen molar-refractivity contribution in [1.82, 2.24) is 9.80 Å². The average Bonchev–Trinajstić information content (AvgIpc) is 3.25. The molecule has 3 rings (SSSR count). The van der Waals surface area contributed by atoms with Crippen LogP contribution in [0.5, 0.6) is 0 Å². The molecule has 0 aliphatic carbocycles. The van der Waals surface area contributed by atoms with E-state index in [4.69, 9.17) is 12.2 Å². The van der Waals surface area contributed by atoms with Crippen molar-refractivity contribution in [2.24, 2.45) is 0 Å². The first-order valence-corrected chi connectivity index (χ1v) is 13.9. The monoisotopic (exact) mass is 522 g/mol. The van der Waals surface area contributed by atoms with E-state index < -0.39 is 11.8 Å². The van der Waals surface area contributed by atoms with Crippen LogP contribution in [0.3, 0.4) is 0 Å². The van der Waals surface area contributed by atoms with Crippen LogP contribution in [-0.2, 0) is 9.59 Å². The molecule has 2 heterocycles. The Kier molecular flexibility index (Phi) is 9.80. The lowest BCUT2D eigenvalue weighted by Gasteiger charge is -2.35. The zero-order chi connectivity index (χ0) is 26.2. The van der Waals surface area contributed by atoms with Gasteiger partial charge in [-0.15, -0.1) is 11.3 Å². The lowest BCUT2D eigenvalue weighted by atomic mass is 9.99. The summed E-state index contributed by atoms with van der Waals surface area (Å²) in [7, 11) is 0. The summed E-state index contributed by atoms with van der Waals surface area (Å²) in [5.41, 5.74) is 2.33. The fourth-order valence-corrected chi connectivity index (χ4v) is 5.98. The second-order valence-electron chi connectivity index (χ2n) is 8.63. The molecule has 1 aliphatic heterocycles. The predicted octanol–water partition coefficient (Wildman–Crippen LogP) is 6.07. The van der Waals surface area contributed by atoms with Gasteiger partial charge in [-0.05, 0) is 50.5 Å². The SMILES string of the molecule is CCCCN(CCCC)c1sc(C=C2C(=O)N(CC)C(=S)N(CC)C2=O)c(-c2ccccc2)c1C#N. The summed E-state index contributed by atoms with van der Waals surface area (Å²) in [5.74, 6) is -0.781. The fourth-order valence-electron chi connectivity index (χ4n) is 4.28. The van der Waals surface area contributed by atoms with E-state index in [1.807, 2.05) is 44.2 Å². The number of anilines is 1. The molecule has 2 amide bonds. The van der Waals surface area contributed by atoms with Gasteiger partial charge in [-0.25, -0.2) is 0 Å². The first kappa shape index (κ1) is 27.6. The maximum atomic E-state index is 13.3. The highest BCUT2D eigenvalue weighted by atomic mass is 32.1. The zero-order valence-corrected chi connectivity index (χ0v) is 23.2. The number of amides is 2. The Morgan fingerprint density at radius 1 is 0.972 bits per heavy atom. The van der Waals surface area contributed by atoms with Crippen LogP contribution >= 0.6 is 23.6 Å². The Balaban J connectivity index is 2.24. The van der Waals surface area contributed by atoms with E-state index in [2.05, 4.69) is 24.8 Å². The van der Waals surface area contributed by atoms with Crippen LogP contribution < -0.4 is 4.90 Å². The van der Waals surface area contributed by atoms with Crippen molar-refractivity contribution in [2.75, 3.05) is 31.1 Å². The molecule has 36 heavy (non-hydrogen) atoms. The van der Waals surface area contributed by atoms with E-state index >= 15 is 0 Å². The highest BCUT2D eigenvalue weighted by molar-refractivity contribution is 7.80. The van der Waals surface area contributed by atoms with E-state index in [-0.39, 0.29) is 10.7 Å². The molecule has 1 aromatic carbocycles. The molecule has 0 bridgehead atoms. The van der Waals surface area contributed by atoms with Crippen molar-refractivity contribution in [2.45, 2.75) is 53.4 Å². The number of rotatable bonds is 11. The van der Waals surface area contributed by atoms with Crippen LogP contribution in [-0.4, -0.2) is 52.9 Å². The first-order chi connectivity index (χ1) is 17.4. The number of carbonyl (C=O) groups is 2. The molecule has 0 N–H and O–H groups in total. The Labute approximate surface area is 223 Å². The number of thiocarbonyl (C=S) groups is 1.